The third-order valence-electron chi connectivity index (χ3n) is 3.37. The van der Waals surface area contributed by atoms with Crippen LogP contribution in [0.15, 0.2) is 29.2 Å². The number of halogens is 4. The molecular formula is C13H18ClF3N2O2S. The van der Waals surface area contributed by atoms with Crippen LogP contribution < -0.4 is 10.5 Å². The molecule has 9 heteroatoms. The third-order valence-corrected chi connectivity index (χ3v) is 4.81. The van der Waals surface area contributed by atoms with Gasteiger partial charge < -0.3 is 5.73 Å². The monoisotopic (exact) mass is 358 g/mol. The summed E-state index contributed by atoms with van der Waals surface area (Å²) in [7, 11) is -3.73. The predicted octanol–water partition coefficient (Wildman–Crippen LogP) is 2.23. The molecule has 4 nitrogen and oxygen atoms in total. The molecule has 0 amide bonds. The van der Waals surface area contributed by atoms with E-state index in [1.54, 1.807) is 0 Å². The van der Waals surface area contributed by atoms with Crippen LogP contribution in [0.25, 0.3) is 0 Å². The molecule has 0 aliphatic heterocycles. The first-order chi connectivity index (χ1) is 9.67. The van der Waals surface area contributed by atoms with Gasteiger partial charge in [0.2, 0.25) is 10.0 Å². The molecule has 0 heterocycles. The Morgan fingerprint density at radius 1 is 1.23 bits per heavy atom. The van der Waals surface area contributed by atoms with Gasteiger partial charge in [0.1, 0.15) is 0 Å². The molecule has 0 radical (unpaired) electrons. The Morgan fingerprint density at radius 2 is 1.77 bits per heavy atom. The van der Waals surface area contributed by atoms with Gasteiger partial charge in [-0.15, -0.1) is 12.4 Å². The lowest BCUT2D eigenvalue weighted by molar-refractivity contribution is -0.127. The lowest BCUT2D eigenvalue weighted by Crippen LogP contribution is -2.38. The van der Waals surface area contributed by atoms with E-state index in [4.69, 9.17) is 5.73 Å². The molecule has 0 spiro atoms. The van der Waals surface area contributed by atoms with Gasteiger partial charge in [-0.2, -0.15) is 13.2 Å². The fourth-order valence-electron chi connectivity index (χ4n) is 2.00. The number of alkyl halides is 3. The second kappa shape index (κ2) is 7.16. The summed E-state index contributed by atoms with van der Waals surface area (Å²) in [5, 5.41) is 0. The molecule has 1 aliphatic rings. The van der Waals surface area contributed by atoms with Crippen molar-refractivity contribution in [3.05, 3.63) is 29.8 Å². The molecule has 0 aromatic heterocycles. The zero-order valence-electron chi connectivity index (χ0n) is 11.6. The lowest BCUT2D eigenvalue weighted by atomic mass is 10.1. The smallest absolute Gasteiger partial charge is 0.326 e. The van der Waals surface area contributed by atoms with Crippen molar-refractivity contribution < 1.29 is 21.6 Å². The average molecular weight is 359 g/mol. The van der Waals surface area contributed by atoms with Crippen molar-refractivity contribution in [2.45, 2.75) is 36.4 Å². The van der Waals surface area contributed by atoms with Crippen LogP contribution in [0.5, 0.6) is 0 Å². The Morgan fingerprint density at radius 3 is 2.23 bits per heavy atom. The first-order valence-corrected chi connectivity index (χ1v) is 8.07. The number of nitrogens with one attached hydrogen (secondary N) is 1. The van der Waals surface area contributed by atoms with E-state index in [-0.39, 0.29) is 35.5 Å². The van der Waals surface area contributed by atoms with E-state index in [0.29, 0.717) is 5.92 Å². The summed E-state index contributed by atoms with van der Waals surface area (Å²) in [6, 6.07) is 4.47. The fraction of sp³-hybridized carbons (Fsp3) is 0.538. The molecule has 126 valence electrons. The molecular weight excluding hydrogens is 341 g/mol. The summed E-state index contributed by atoms with van der Waals surface area (Å²) in [6.07, 6.45) is -3.37. The number of nitrogens with two attached hydrogens (primary N) is 1. The Bertz CT molecular complexity index is 586. The number of sulfonamides is 1. The Hall–Kier alpha value is -0.830. The highest BCUT2D eigenvalue weighted by Crippen LogP contribution is 2.31. The van der Waals surface area contributed by atoms with Crippen molar-refractivity contribution in [3.8, 4) is 0 Å². The quantitative estimate of drug-likeness (QED) is 0.819. The van der Waals surface area contributed by atoms with E-state index in [2.05, 4.69) is 4.72 Å². The van der Waals surface area contributed by atoms with Gasteiger partial charge in [0.15, 0.2) is 0 Å². The molecule has 1 aliphatic carbocycles. The van der Waals surface area contributed by atoms with E-state index in [0.717, 1.165) is 12.8 Å². The van der Waals surface area contributed by atoms with Gasteiger partial charge >= 0.3 is 6.18 Å². The predicted molar refractivity (Wildman–Crippen MR) is 79.3 cm³/mol. The minimum absolute atomic E-state index is 0. The second-order valence-electron chi connectivity index (χ2n) is 5.29. The molecule has 1 saturated carbocycles. The number of hydrogen-bond donors (Lipinski definition) is 2. The Balaban J connectivity index is 0.00000242. The maximum absolute atomic E-state index is 12.2. The van der Waals surface area contributed by atoms with Gasteiger partial charge in [-0.25, -0.2) is 13.1 Å². The molecule has 1 aromatic rings. The summed E-state index contributed by atoms with van der Waals surface area (Å²) < 4.78 is 63.0. The molecule has 0 bridgehead atoms. The molecule has 3 N–H and O–H groups in total. The standard InChI is InChI=1S/C13H17F3N2O2S.ClH/c14-13(15,16)7-9-1-5-11(6-2-9)21(19,20)18-8-12(17)10-3-4-10;/h1-2,5-6,10,12,18H,3-4,7-8,17H2;1H. The van der Waals surface area contributed by atoms with Crippen molar-refractivity contribution in [2.24, 2.45) is 11.7 Å². The zero-order chi connectivity index (χ0) is 15.7. The Kier molecular flexibility index (Phi) is 6.26. The minimum Gasteiger partial charge on any atom is -0.326 e. The molecule has 1 fully saturated rings. The summed E-state index contributed by atoms with van der Waals surface area (Å²) in [5.74, 6) is 0.363. The summed E-state index contributed by atoms with van der Waals surface area (Å²) in [5.41, 5.74) is 5.83. The number of benzene rings is 1. The number of rotatable bonds is 6. The molecule has 2 rings (SSSR count). The third kappa shape index (κ3) is 5.75. The van der Waals surface area contributed by atoms with Gasteiger partial charge in [-0.1, -0.05) is 12.1 Å². The normalized spacial score (nSPS) is 16.9. The van der Waals surface area contributed by atoms with E-state index >= 15 is 0 Å². The van der Waals surface area contributed by atoms with Crippen LogP contribution in [0, 0.1) is 5.92 Å². The SMILES string of the molecule is Cl.NC(CNS(=O)(=O)c1ccc(CC(F)(F)F)cc1)C1CC1. The first-order valence-electron chi connectivity index (χ1n) is 6.58. The topological polar surface area (TPSA) is 72.2 Å². The van der Waals surface area contributed by atoms with Gasteiger partial charge in [0, 0.05) is 12.6 Å². The molecule has 1 atom stereocenters. The van der Waals surface area contributed by atoms with E-state index < -0.39 is 22.6 Å². The van der Waals surface area contributed by atoms with Crippen LogP contribution in [0.3, 0.4) is 0 Å². The average Bonchev–Trinajstić information content (AvgIpc) is 3.19. The van der Waals surface area contributed by atoms with Crippen LogP contribution in [-0.2, 0) is 16.4 Å². The van der Waals surface area contributed by atoms with Crippen LogP contribution in [0.4, 0.5) is 13.2 Å². The summed E-state index contributed by atoms with van der Waals surface area (Å²) in [6.45, 7) is 0.136. The molecule has 1 unspecified atom stereocenters. The van der Waals surface area contributed by atoms with Crippen LogP contribution in [0.2, 0.25) is 0 Å². The first kappa shape index (κ1) is 19.2. The van der Waals surface area contributed by atoms with E-state index in [1.165, 1.54) is 24.3 Å². The fourth-order valence-corrected chi connectivity index (χ4v) is 3.07. The second-order valence-corrected chi connectivity index (χ2v) is 7.06. The lowest BCUT2D eigenvalue weighted by Gasteiger charge is -2.12. The summed E-state index contributed by atoms with van der Waals surface area (Å²) >= 11 is 0. The number of hydrogen-bond acceptors (Lipinski definition) is 3. The highest BCUT2D eigenvalue weighted by Gasteiger charge is 2.30. The van der Waals surface area contributed by atoms with Gasteiger partial charge in [0.05, 0.1) is 11.3 Å². The van der Waals surface area contributed by atoms with Crippen LogP contribution in [0.1, 0.15) is 18.4 Å². The van der Waals surface area contributed by atoms with E-state index in [9.17, 15) is 21.6 Å². The largest absolute Gasteiger partial charge is 0.393 e. The highest BCUT2D eigenvalue weighted by atomic mass is 35.5. The van der Waals surface area contributed by atoms with Gasteiger partial charge in [0.25, 0.3) is 0 Å². The summed E-state index contributed by atoms with van der Waals surface area (Å²) in [4.78, 5) is -0.0589. The molecule has 22 heavy (non-hydrogen) atoms. The molecule has 1 aromatic carbocycles. The maximum atomic E-state index is 12.2. The van der Waals surface area contributed by atoms with Crippen molar-refractivity contribution in [1.29, 1.82) is 0 Å². The van der Waals surface area contributed by atoms with Crippen molar-refractivity contribution >= 4 is 22.4 Å². The van der Waals surface area contributed by atoms with Crippen molar-refractivity contribution in [2.75, 3.05) is 6.54 Å². The Labute approximate surface area is 133 Å². The highest BCUT2D eigenvalue weighted by molar-refractivity contribution is 7.89. The van der Waals surface area contributed by atoms with Crippen LogP contribution >= 0.6 is 12.4 Å². The van der Waals surface area contributed by atoms with Crippen molar-refractivity contribution in [3.63, 3.8) is 0 Å². The zero-order valence-corrected chi connectivity index (χ0v) is 13.3. The van der Waals surface area contributed by atoms with Gasteiger partial charge in [-0.3, -0.25) is 0 Å². The maximum Gasteiger partial charge on any atom is 0.393 e. The minimum atomic E-state index is -4.31. The van der Waals surface area contributed by atoms with Gasteiger partial charge in [-0.05, 0) is 36.5 Å². The van der Waals surface area contributed by atoms with Crippen LogP contribution in [-0.4, -0.2) is 27.2 Å². The van der Waals surface area contributed by atoms with Crippen molar-refractivity contribution in [1.82, 2.24) is 4.72 Å². The molecule has 0 saturated heterocycles. The van der Waals surface area contributed by atoms with E-state index in [1.807, 2.05) is 0 Å².